The van der Waals surface area contributed by atoms with Gasteiger partial charge in [-0.25, -0.2) is 4.99 Å². The molecule has 41 heavy (non-hydrogen) atoms. The quantitative estimate of drug-likeness (QED) is 0.341. The van der Waals surface area contributed by atoms with E-state index in [1.807, 2.05) is 0 Å². The average molecular weight is 567 g/mol. The Hall–Kier alpha value is -3.16. The van der Waals surface area contributed by atoms with Gasteiger partial charge in [-0.3, -0.25) is 19.3 Å². The highest BCUT2D eigenvalue weighted by Crippen LogP contribution is 2.43. The Morgan fingerprint density at radius 2 is 1.59 bits per heavy atom. The van der Waals surface area contributed by atoms with E-state index in [0.29, 0.717) is 11.1 Å². The summed E-state index contributed by atoms with van der Waals surface area (Å²) in [6.07, 6.45) is -7.56. The molecule has 2 aromatic rings. The molecular formula is C30H34N2O9. The second-order valence-electron chi connectivity index (χ2n) is 10.9. The van der Waals surface area contributed by atoms with Crippen LogP contribution in [0, 0.1) is 5.92 Å². The third-order valence-electron chi connectivity index (χ3n) is 8.01. The number of aliphatic hydroxyl groups is 3. The highest BCUT2D eigenvalue weighted by atomic mass is 16.8. The van der Waals surface area contributed by atoms with Crippen LogP contribution >= 0.6 is 0 Å². The van der Waals surface area contributed by atoms with Gasteiger partial charge in [0.1, 0.15) is 12.2 Å². The second-order valence-corrected chi connectivity index (χ2v) is 10.9. The lowest BCUT2D eigenvalue weighted by molar-refractivity contribution is -0.423. The van der Waals surface area contributed by atoms with Crippen LogP contribution in [-0.4, -0.2) is 106 Å². The van der Waals surface area contributed by atoms with Crippen molar-refractivity contribution in [2.24, 2.45) is 10.9 Å². The molecule has 1 aliphatic carbocycles. The summed E-state index contributed by atoms with van der Waals surface area (Å²) in [5.74, 6) is -5.04. The van der Waals surface area contributed by atoms with Gasteiger partial charge >= 0.3 is 0 Å². The Bertz CT molecular complexity index is 1320. The number of fused-ring (bicyclic) bond motifs is 2. The molecule has 3 fully saturated rings. The van der Waals surface area contributed by atoms with Crippen molar-refractivity contribution >= 4 is 23.2 Å². The number of Topliss-reactive ketones (excluding diaryl/α,β-unsaturated/α-hetero) is 2. The van der Waals surface area contributed by atoms with Crippen molar-refractivity contribution in [1.29, 1.82) is 0 Å². The minimum Gasteiger partial charge on any atom is -0.391 e. The van der Waals surface area contributed by atoms with Gasteiger partial charge in [-0.2, -0.15) is 0 Å². The largest absolute Gasteiger partial charge is 0.391 e. The molecule has 2 aliphatic heterocycles. The molecule has 0 bridgehead atoms. The van der Waals surface area contributed by atoms with Crippen LogP contribution in [0.25, 0.3) is 0 Å². The molecule has 2 heterocycles. The minimum atomic E-state index is -2.46. The zero-order chi connectivity index (χ0) is 29.5. The number of aliphatic hydroxyl groups excluding tert-OH is 2. The number of aliphatic imine (C=N–C) groups is 1. The minimum absolute atomic E-state index is 0.123. The van der Waals surface area contributed by atoms with Crippen molar-refractivity contribution in [3.05, 3.63) is 71.8 Å². The van der Waals surface area contributed by atoms with E-state index < -0.39 is 66.2 Å². The van der Waals surface area contributed by atoms with Gasteiger partial charge in [0.2, 0.25) is 6.29 Å². The molecule has 9 atom stereocenters. The number of ether oxygens (including phenoxy) is 3. The van der Waals surface area contributed by atoms with Crippen molar-refractivity contribution in [3.8, 4) is 0 Å². The lowest BCUT2D eigenvalue weighted by Gasteiger charge is -2.56. The summed E-state index contributed by atoms with van der Waals surface area (Å²) in [6, 6.07) is 15.9. The maximum atomic E-state index is 13.1. The van der Waals surface area contributed by atoms with E-state index in [2.05, 4.69) is 4.99 Å². The lowest BCUT2D eigenvalue weighted by atomic mass is 9.73. The van der Waals surface area contributed by atoms with Gasteiger partial charge in [0.15, 0.2) is 11.6 Å². The average Bonchev–Trinajstić information content (AvgIpc) is 2.94. The highest BCUT2D eigenvalue weighted by Gasteiger charge is 2.64. The number of carbonyl (C=O) groups is 3. The summed E-state index contributed by atoms with van der Waals surface area (Å²) in [4.78, 5) is 44.5. The molecule has 1 amide bonds. The van der Waals surface area contributed by atoms with Crippen LogP contribution in [0.5, 0.6) is 0 Å². The van der Waals surface area contributed by atoms with E-state index >= 15 is 0 Å². The number of carbonyl (C=O) groups excluding carboxylic acids is 3. The smallest absolute Gasteiger partial charge is 0.280 e. The van der Waals surface area contributed by atoms with Crippen LogP contribution in [0.4, 0.5) is 0 Å². The molecule has 3 aliphatic rings. The SMILES string of the molecule is C/C(=N/C(=O)c1ccccc1)[C@@H]1C(O)[C@H](N(C)CC(=O)c2ccccc2)C2O[C@@]3(O)C(=O)C[C@@H](C)OC3OC2[C@H]1O. The van der Waals surface area contributed by atoms with E-state index in [0.717, 1.165) is 0 Å². The van der Waals surface area contributed by atoms with Crippen molar-refractivity contribution in [2.45, 2.75) is 68.9 Å². The van der Waals surface area contributed by atoms with Gasteiger partial charge in [0.05, 0.1) is 36.8 Å². The molecule has 2 aromatic carbocycles. The van der Waals surface area contributed by atoms with Crippen molar-refractivity contribution in [2.75, 3.05) is 13.6 Å². The number of ketones is 2. The Labute approximate surface area is 237 Å². The summed E-state index contributed by atoms with van der Waals surface area (Å²) < 4.78 is 17.6. The maximum Gasteiger partial charge on any atom is 0.280 e. The fourth-order valence-electron chi connectivity index (χ4n) is 5.92. The van der Waals surface area contributed by atoms with Crippen LogP contribution in [0.1, 0.15) is 41.0 Å². The van der Waals surface area contributed by atoms with Gasteiger partial charge in [-0.15, -0.1) is 0 Å². The third-order valence-corrected chi connectivity index (χ3v) is 8.01. The van der Waals surface area contributed by atoms with Gasteiger partial charge in [0.25, 0.3) is 11.7 Å². The zero-order valence-corrected chi connectivity index (χ0v) is 23.0. The number of amides is 1. The maximum absolute atomic E-state index is 13.1. The first-order valence-electron chi connectivity index (χ1n) is 13.5. The third kappa shape index (κ3) is 5.54. The van der Waals surface area contributed by atoms with Crippen LogP contribution < -0.4 is 0 Å². The normalized spacial score (nSPS) is 35.5. The number of likely N-dealkylation sites (N-methyl/N-ethyl adjacent to an activating group) is 1. The number of benzene rings is 2. The first kappa shape index (κ1) is 29.3. The molecule has 11 heteroatoms. The van der Waals surface area contributed by atoms with Gasteiger partial charge in [0, 0.05) is 23.3 Å². The molecule has 11 nitrogen and oxygen atoms in total. The standard InChI is InChI=1S/C30H34N2O9/c1-16-14-21(34)30(38)29(39-16)40-27-25(36)22(17(2)31-28(37)19-12-8-5-9-13-19)24(35)23(26(27)41-30)32(3)15-20(33)18-10-6-4-7-11-18/h4-13,16,22-27,29,35-36,38H,14-15H2,1-3H3/b31-17-/t16-,22-,23+,24?,25+,26?,27?,29?,30+/m1/s1. The first-order chi connectivity index (χ1) is 19.5. The van der Waals surface area contributed by atoms with Crippen LogP contribution in [0.2, 0.25) is 0 Å². The number of rotatable bonds is 6. The van der Waals surface area contributed by atoms with Crippen LogP contribution in [0.15, 0.2) is 65.7 Å². The Morgan fingerprint density at radius 3 is 2.22 bits per heavy atom. The van der Waals surface area contributed by atoms with E-state index in [-0.39, 0.29) is 24.5 Å². The number of hydrogen-bond donors (Lipinski definition) is 3. The topological polar surface area (TPSA) is 155 Å². The fourth-order valence-corrected chi connectivity index (χ4v) is 5.92. The molecule has 0 aromatic heterocycles. The monoisotopic (exact) mass is 566 g/mol. The van der Waals surface area contributed by atoms with Crippen LogP contribution in [0.3, 0.4) is 0 Å². The molecule has 0 radical (unpaired) electrons. The zero-order valence-electron chi connectivity index (χ0n) is 23.0. The first-order valence-corrected chi connectivity index (χ1v) is 13.5. The molecule has 2 saturated heterocycles. The van der Waals surface area contributed by atoms with E-state index in [4.69, 9.17) is 14.2 Å². The Morgan fingerprint density at radius 1 is 0.976 bits per heavy atom. The second kappa shape index (κ2) is 11.6. The summed E-state index contributed by atoms with van der Waals surface area (Å²) >= 11 is 0. The van der Waals surface area contributed by atoms with Crippen molar-refractivity contribution in [3.63, 3.8) is 0 Å². The van der Waals surface area contributed by atoms with E-state index in [1.165, 1.54) is 11.8 Å². The Balaban J connectivity index is 1.50. The summed E-state index contributed by atoms with van der Waals surface area (Å²) in [5, 5.41) is 34.4. The number of hydrogen-bond acceptors (Lipinski definition) is 10. The van der Waals surface area contributed by atoms with Crippen LogP contribution in [-0.2, 0) is 19.0 Å². The summed E-state index contributed by atoms with van der Waals surface area (Å²) in [5.41, 5.74) is 0.925. The predicted octanol–water partition coefficient (Wildman–Crippen LogP) is 0.999. The summed E-state index contributed by atoms with van der Waals surface area (Å²) in [6.45, 7) is 3.01. The molecular weight excluding hydrogens is 532 g/mol. The summed E-state index contributed by atoms with van der Waals surface area (Å²) in [7, 11) is 1.59. The highest BCUT2D eigenvalue weighted by molar-refractivity contribution is 6.04. The van der Waals surface area contributed by atoms with Crippen molar-refractivity contribution in [1.82, 2.24) is 4.90 Å². The van der Waals surface area contributed by atoms with E-state index in [9.17, 15) is 29.7 Å². The predicted molar refractivity (Wildman–Crippen MR) is 145 cm³/mol. The molecule has 5 rings (SSSR count). The van der Waals surface area contributed by atoms with Gasteiger partial charge < -0.3 is 29.5 Å². The molecule has 218 valence electrons. The molecule has 3 N–H and O–H groups in total. The van der Waals surface area contributed by atoms with Gasteiger partial charge in [-0.1, -0.05) is 48.5 Å². The molecule has 0 spiro atoms. The number of nitrogens with zero attached hydrogens (tertiary/aromatic N) is 2. The Kier molecular flexibility index (Phi) is 8.31. The lowest BCUT2D eigenvalue weighted by Crippen LogP contribution is -2.76. The van der Waals surface area contributed by atoms with E-state index in [1.54, 1.807) is 74.6 Å². The van der Waals surface area contributed by atoms with Crippen molar-refractivity contribution < 1.29 is 43.9 Å². The molecule has 4 unspecified atom stereocenters. The van der Waals surface area contributed by atoms with Gasteiger partial charge in [-0.05, 0) is 33.0 Å². The molecule has 1 saturated carbocycles. The fraction of sp³-hybridized carbons (Fsp3) is 0.467.